The first-order chi connectivity index (χ1) is 9.02. The summed E-state index contributed by atoms with van der Waals surface area (Å²) in [6.45, 7) is 6.58. The number of carbonyl (C=O) groups is 2. The fourth-order valence-electron chi connectivity index (χ4n) is 2.09. The molecule has 0 aliphatic carbocycles. The van der Waals surface area contributed by atoms with Gasteiger partial charge in [0, 0.05) is 25.7 Å². The maximum atomic E-state index is 11.6. The zero-order valence-corrected chi connectivity index (χ0v) is 14.4. The lowest BCUT2D eigenvalue weighted by Crippen LogP contribution is -2.50. The molecule has 21 heavy (non-hydrogen) atoms. The Balaban J connectivity index is 0. The van der Waals surface area contributed by atoms with E-state index in [-0.39, 0.29) is 42.7 Å². The molecule has 0 saturated carbocycles. The number of nitrogens with one attached hydrogen (secondary N) is 2. The zero-order valence-electron chi connectivity index (χ0n) is 12.8. The molecule has 0 aromatic rings. The van der Waals surface area contributed by atoms with Crippen LogP contribution < -0.4 is 16.4 Å². The van der Waals surface area contributed by atoms with Crippen molar-refractivity contribution in [3.63, 3.8) is 0 Å². The topological polar surface area (TPSA) is 87.5 Å². The fourth-order valence-corrected chi connectivity index (χ4v) is 2.09. The highest BCUT2D eigenvalue weighted by Gasteiger charge is 2.22. The van der Waals surface area contributed by atoms with Gasteiger partial charge >= 0.3 is 0 Å². The molecule has 1 aliphatic rings. The Morgan fingerprint density at radius 2 is 1.86 bits per heavy atom. The molecule has 8 heteroatoms. The smallest absolute Gasteiger partial charge is 0.236 e. The minimum absolute atomic E-state index is 0. The van der Waals surface area contributed by atoms with Gasteiger partial charge in [0.1, 0.15) is 0 Å². The van der Waals surface area contributed by atoms with Crippen LogP contribution in [0.4, 0.5) is 0 Å². The Bertz CT molecular complexity index is 309. The summed E-state index contributed by atoms with van der Waals surface area (Å²) in [5, 5.41) is 5.81. The molecule has 1 heterocycles. The Hall–Kier alpha value is -0.560. The lowest BCUT2D eigenvalue weighted by Gasteiger charge is -2.32. The van der Waals surface area contributed by atoms with Crippen LogP contribution in [0.3, 0.4) is 0 Å². The van der Waals surface area contributed by atoms with Crippen LogP contribution in [-0.2, 0) is 9.59 Å². The van der Waals surface area contributed by atoms with Crippen LogP contribution in [-0.4, -0.2) is 55.0 Å². The SMILES string of the molecule is CCCNC(=O)CN1CCC(NC(=O)[C@@H](C)N)CC1.Cl.Cl. The number of carbonyl (C=O) groups excluding carboxylic acids is 2. The van der Waals surface area contributed by atoms with Gasteiger partial charge in [-0.25, -0.2) is 0 Å². The van der Waals surface area contributed by atoms with Crippen molar-refractivity contribution in [1.82, 2.24) is 15.5 Å². The molecule has 6 nitrogen and oxygen atoms in total. The Kier molecular flexibility index (Phi) is 13.0. The van der Waals surface area contributed by atoms with Crippen molar-refractivity contribution < 1.29 is 9.59 Å². The third-order valence-electron chi connectivity index (χ3n) is 3.29. The summed E-state index contributed by atoms with van der Waals surface area (Å²) < 4.78 is 0. The van der Waals surface area contributed by atoms with Gasteiger partial charge in [-0.2, -0.15) is 0 Å². The van der Waals surface area contributed by atoms with Gasteiger partial charge in [0.15, 0.2) is 0 Å². The van der Waals surface area contributed by atoms with Crippen LogP contribution in [0.15, 0.2) is 0 Å². The fraction of sp³-hybridized carbons (Fsp3) is 0.846. The van der Waals surface area contributed by atoms with E-state index in [1.165, 1.54) is 0 Å². The Morgan fingerprint density at radius 3 is 2.33 bits per heavy atom. The molecule has 1 fully saturated rings. The summed E-state index contributed by atoms with van der Waals surface area (Å²) >= 11 is 0. The Labute approximate surface area is 139 Å². The number of halogens is 2. The molecule has 2 amide bonds. The van der Waals surface area contributed by atoms with Crippen molar-refractivity contribution in [3.8, 4) is 0 Å². The van der Waals surface area contributed by atoms with Gasteiger partial charge in [0.05, 0.1) is 12.6 Å². The first-order valence-electron chi connectivity index (χ1n) is 7.08. The number of piperidine rings is 1. The first kappa shape index (κ1) is 22.7. The highest BCUT2D eigenvalue weighted by atomic mass is 35.5. The number of likely N-dealkylation sites (tertiary alicyclic amines) is 1. The number of amides is 2. The van der Waals surface area contributed by atoms with Gasteiger partial charge in [0.25, 0.3) is 0 Å². The molecule has 1 saturated heterocycles. The molecule has 4 N–H and O–H groups in total. The monoisotopic (exact) mass is 342 g/mol. The Morgan fingerprint density at radius 1 is 1.29 bits per heavy atom. The molecule has 126 valence electrons. The quantitative estimate of drug-likeness (QED) is 0.647. The van der Waals surface area contributed by atoms with Crippen LogP contribution in [0.2, 0.25) is 0 Å². The van der Waals surface area contributed by atoms with Crippen LogP contribution in [0, 0.1) is 0 Å². The van der Waals surface area contributed by atoms with Crippen molar-refractivity contribution in [2.24, 2.45) is 5.73 Å². The molecule has 1 aliphatic heterocycles. The number of hydrogen-bond donors (Lipinski definition) is 3. The molecule has 0 unspecified atom stereocenters. The molecule has 0 aromatic heterocycles. The van der Waals surface area contributed by atoms with Crippen molar-refractivity contribution in [2.45, 2.75) is 45.2 Å². The highest BCUT2D eigenvalue weighted by Crippen LogP contribution is 2.09. The lowest BCUT2D eigenvalue weighted by molar-refractivity contribution is -0.124. The van der Waals surface area contributed by atoms with E-state index in [0.717, 1.165) is 38.9 Å². The van der Waals surface area contributed by atoms with Gasteiger partial charge in [-0.15, -0.1) is 24.8 Å². The van der Waals surface area contributed by atoms with Gasteiger partial charge < -0.3 is 16.4 Å². The maximum Gasteiger partial charge on any atom is 0.236 e. The minimum atomic E-state index is -0.460. The first-order valence-corrected chi connectivity index (χ1v) is 7.08. The number of nitrogens with two attached hydrogens (primary N) is 1. The summed E-state index contributed by atoms with van der Waals surface area (Å²) in [4.78, 5) is 25.2. The van der Waals surface area contributed by atoms with E-state index in [1.54, 1.807) is 6.92 Å². The van der Waals surface area contributed by atoms with E-state index in [4.69, 9.17) is 5.73 Å². The minimum Gasteiger partial charge on any atom is -0.355 e. The molecule has 1 atom stereocenters. The van der Waals surface area contributed by atoms with E-state index in [9.17, 15) is 9.59 Å². The maximum absolute atomic E-state index is 11.6. The second-order valence-corrected chi connectivity index (χ2v) is 5.20. The summed E-state index contributed by atoms with van der Waals surface area (Å²) in [7, 11) is 0. The van der Waals surface area contributed by atoms with Gasteiger partial charge in [-0.05, 0) is 26.2 Å². The number of rotatable bonds is 6. The van der Waals surface area contributed by atoms with Gasteiger partial charge in [-0.3, -0.25) is 14.5 Å². The van der Waals surface area contributed by atoms with E-state index in [1.807, 2.05) is 6.92 Å². The third kappa shape index (κ3) is 9.14. The van der Waals surface area contributed by atoms with Gasteiger partial charge in [0.2, 0.25) is 11.8 Å². The number of hydrogen-bond acceptors (Lipinski definition) is 4. The van der Waals surface area contributed by atoms with E-state index >= 15 is 0 Å². The normalized spacial score (nSPS) is 17.1. The van der Waals surface area contributed by atoms with Crippen LogP contribution >= 0.6 is 24.8 Å². The second-order valence-electron chi connectivity index (χ2n) is 5.20. The van der Waals surface area contributed by atoms with Crippen LogP contribution in [0.25, 0.3) is 0 Å². The average molecular weight is 343 g/mol. The third-order valence-corrected chi connectivity index (χ3v) is 3.29. The standard InChI is InChI=1S/C13H26N4O2.2ClH/c1-3-6-15-12(18)9-17-7-4-11(5-8-17)16-13(19)10(2)14;;/h10-11H,3-9,14H2,1-2H3,(H,15,18)(H,16,19);2*1H/t10-;;/m1../s1. The van der Waals surface area contributed by atoms with E-state index < -0.39 is 6.04 Å². The average Bonchev–Trinajstić information content (AvgIpc) is 2.38. The summed E-state index contributed by atoms with van der Waals surface area (Å²) in [5.74, 6) is -0.0148. The van der Waals surface area contributed by atoms with E-state index in [0.29, 0.717) is 6.54 Å². The highest BCUT2D eigenvalue weighted by molar-refractivity contribution is 5.85. The zero-order chi connectivity index (χ0) is 14.3. The molecular formula is C13H28Cl2N4O2. The van der Waals surface area contributed by atoms with Crippen molar-refractivity contribution in [3.05, 3.63) is 0 Å². The molecule has 0 bridgehead atoms. The van der Waals surface area contributed by atoms with Crippen LogP contribution in [0.5, 0.6) is 0 Å². The molecule has 1 rings (SSSR count). The molecule has 0 spiro atoms. The summed E-state index contributed by atoms with van der Waals surface area (Å²) in [6.07, 6.45) is 2.70. The lowest BCUT2D eigenvalue weighted by atomic mass is 10.0. The largest absolute Gasteiger partial charge is 0.355 e. The summed E-state index contributed by atoms with van der Waals surface area (Å²) in [5.41, 5.74) is 5.52. The van der Waals surface area contributed by atoms with E-state index in [2.05, 4.69) is 15.5 Å². The van der Waals surface area contributed by atoms with Gasteiger partial charge in [-0.1, -0.05) is 6.92 Å². The van der Waals surface area contributed by atoms with Crippen molar-refractivity contribution >= 4 is 36.6 Å². The predicted octanol–water partition coefficient (Wildman–Crippen LogP) is 0.284. The van der Waals surface area contributed by atoms with Crippen molar-refractivity contribution in [2.75, 3.05) is 26.2 Å². The molecular weight excluding hydrogens is 315 g/mol. The second kappa shape index (κ2) is 12.0. The van der Waals surface area contributed by atoms with Crippen molar-refractivity contribution in [1.29, 1.82) is 0 Å². The summed E-state index contributed by atoms with van der Waals surface area (Å²) in [6, 6.07) is -0.272. The molecule has 0 aromatic carbocycles. The number of nitrogens with zero attached hydrogens (tertiary/aromatic N) is 1. The molecule has 0 radical (unpaired) electrons. The predicted molar refractivity (Wildman–Crippen MR) is 89.1 cm³/mol. The van der Waals surface area contributed by atoms with Crippen LogP contribution in [0.1, 0.15) is 33.1 Å².